The summed E-state index contributed by atoms with van der Waals surface area (Å²) in [5.74, 6) is -0.0551. The van der Waals surface area contributed by atoms with Crippen molar-refractivity contribution < 1.29 is 17.9 Å². The first-order valence-electron chi connectivity index (χ1n) is 8.37. The second-order valence-electron chi connectivity index (χ2n) is 6.33. The summed E-state index contributed by atoms with van der Waals surface area (Å²) in [4.78, 5) is 14.2. The van der Waals surface area contributed by atoms with Crippen LogP contribution in [0.2, 0.25) is 0 Å². The molecule has 8 heteroatoms. The van der Waals surface area contributed by atoms with Crippen molar-refractivity contribution in [2.75, 3.05) is 39.8 Å². The standard InChI is InChI=1S/C17H27N3O4S/c1-13-4-5-16(10-14(13)2)25(22,23)20-8-6-19(7-9-20)17(21)11-15(12-18)24-3/h4-5,10,15H,6-9,11-12,18H2,1-3H3. The Morgan fingerprint density at radius 1 is 1.20 bits per heavy atom. The van der Waals surface area contributed by atoms with Crippen LogP contribution in [0.25, 0.3) is 0 Å². The normalized spacial score (nSPS) is 17.5. The number of nitrogens with two attached hydrogens (primary N) is 1. The lowest BCUT2D eigenvalue weighted by Gasteiger charge is -2.34. The quantitative estimate of drug-likeness (QED) is 0.788. The maximum Gasteiger partial charge on any atom is 0.243 e. The van der Waals surface area contributed by atoms with Crippen LogP contribution in [-0.2, 0) is 19.6 Å². The minimum atomic E-state index is -3.53. The number of hydrogen-bond donors (Lipinski definition) is 1. The predicted molar refractivity (Wildman–Crippen MR) is 95.7 cm³/mol. The number of rotatable bonds is 6. The molecule has 0 aromatic heterocycles. The van der Waals surface area contributed by atoms with Crippen LogP contribution < -0.4 is 5.73 Å². The van der Waals surface area contributed by atoms with Crippen molar-refractivity contribution in [3.63, 3.8) is 0 Å². The Morgan fingerprint density at radius 3 is 2.36 bits per heavy atom. The lowest BCUT2D eigenvalue weighted by molar-refractivity contribution is -0.134. The number of carbonyl (C=O) groups excluding carboxylic acids is 1. The lowest BCUT2D eigenvalue weighted by atomic mass is 10.1. The summed E-state index contributed by atoms with van der Waals surface area (Å²) < 4.78 is 32.1. The van der Waals surface area contributed by atoms with E-state index >= 15 is 0 Å². The van der Waals surface area contributed by atoms with Crippen molar-refractivity contribution in [1.82, 2.24) is 9.21 Å². The van der Waals surface area contributed by atoms with E-state index in [2.05, 4.69) is 0 Å². The average Bonchev–Trinajstić information content (AvgIpc) is 2.61. The van der Waals surface area contributed by atoms with Crippen molar-refractivity contribution in [2.45, 2.75) is 31.3 Å². The molecule has 2 N–H and O–H groups in total. The molecule has 1 unspecified atom stereocenters. The van der Waals surface area contributed by atoms with Crippen molar-refractivity contribution in [3.05, 3.63) is 29.3 Å². The van der Waals surface area contributed by atoms with Crippen LogP contribution in [0.4, 0.5) is 0 Å². The number of piperazine rings is 1. The molecule has 1 saturated heterocycles. The smallest absolute Gasteiger partial charge is 0.243 e. The Morgan fingerprint density at radius 2 is 1.84 bits per heavy atom. The maximum atomic E-state index is 12.8. The molecule has 1 aliphatic heterocycles. The van der Waals surface area contributed by atoms with Gasteiger partial charge in [-0.2, -0.15) is 4.31 Å². The largest absolute Gasteiger partial charge is 0.380 e. The zero-order valence-corrected chi connectivity index (χ0v) is 15.9. The number of aryl methyl sites for hydroxylation is 2. The van der Waals surface area contributed by atoms with Gasteiger partial charge < -0.3 is 15.4 Å². The third-order valence-corrected chi connectivity index (χ3v) is 6.60. The number of benzene rings is 1. The van der Waals surface area contributed by atoms with Crippen LogP contribution in [0.15, 0.2) is 23.1 Å². The van der Waals surface area contributed by atoms with Gasteiger partial charge in [0.1, 0.15) is 0 Å². The van der Waals surface area contributed by atoms with Crippen LogP contribution in [0.1, 0.15) is 17.5 Å². The lowest BCUT2D eigenvalue weighted by Crippen LogP contribution is -2.51. The second-order valence-corrected chi connectivity index (χ2v) is 8.27. The number of sulfonamides is 1. The van der Waals surface area contributed by atoms with Crippen molar-refractivity contribution in [1.29, 1.82) is 0 Å². The Balaban J connectivity index is 2.01. The van der Waals surface area contributed by atoms with E-state index in [1.807, 2.05) is 19.9 Å². The van der Waals surface area contributed by atoms with Gasteiger partial charge in [-0.05, 0) is 37.1 Å². The summed E-state index contributed by atoms with van der Waals surface area (Å²) in [7, 11) is -2.01. The van der Waals surface area contributed by atoms with Crippen molar-refractivity contribution in [2.24, 2.45) is 5.73 Å². The van der Waals surface area contributed by atoms with Gasteiger partial charge in [-0.25, -0.2) is 8.42 Å². The summed E-state index contributed by atoms with van der Waals surface area (Å²) in [6.07, 6.45) is -0.0820. The van der Waals surface area contributed by atoms with E-state index in [4.69, 9.17) is 10.5 Å². The first-order chi connectivity index (χ1) is 11.8. The number of carbonyl (C=O) groups is 1. The molecule has 1 heterocycles. The van der Waals surface area contributed by atoms with Gasteiger partial charge in [0.25, 0.3) is 0 Å². The van der Waals surface area contributed by atoms with E-state index in [0.717, 1.165) is 11.1 Å². The third kappa shape index (κ3) is 4.58. The highest BCUT2D eigenvalue weighted by molar-refractivity contribution is 7.89. The summed E-state index contributed by atoms with van der Waals surface area (Å²) in [6.45, 7) is 5.47. The molecule has 0 spiro atoms. The molecule has 0 radical (unpaired) electrons. The number of hydrogen-bond acceptors (Lipinski definition) is 5. The Kier molecular flexibility index (Phi) is 6.56. The number of nitrogens with zero attached hydrogens (tertiary/aromatic N) is 2. The minimum absolute atomic E-state index is 0.0551. The molecular weight excluding hydrogens is 342 g/mol. The highest BCUT2D eigenvalue weighted by atomic mass is 32.2. The fourth-order valence-electron chi connectivity index (χ4n) is 2.79. The first kappa shape index (κ1) is 19.8. The van der Waals surface area contributed by atoms with Crippen LogP contribution in [0.3, 0.4) is 0 Å². The molecule has 1 aromatic carbocycles. The van der Waals surface area contributed by atoms with E-state index < -0.39 is 10.0 Å². The SMILES string of the molecule is COC(CN)CC(=O)N1CCN(S(=O)(=O)c2ccc(C)c(C)c2)CC1. The molecule has 0 bridgehead atoms. The molecule has 1 aliphatic rings. The number of amides is 1. The second kappa shape index (κ2) is 8.27. The van der Waals surface area contributed by atoms with E-state index in [-0.39, 0.29) is 25.0 Å². The molecule has 2 rings (SSSR count). The molecule has 1 aromatic rings. The van der Waals surface area contributed by atoms with Gasteiger partial charge in [0.2, 0.25) is 15.9 Å². The maximum absolute atomic E-state index is 12.8. The van der Waals surface area contributed by atoms with Gasteiger partial charge in [0.05, 0.1) is 17.4 Å². The van der Waals surface area contributed by atoms with E-state index in [0.29, 0.717) is 31.1 Å². The van der Waals surface area contributed by atoms with E-state index in [9.17, 15) is 13.2 Å². The molecule has 25 heavy (non-hydrogen) atoms. The number of ether oxygens (including phenoxy) is 1. The summed E-state index contributed by atoms with van der Waals surface area (Å²) >= 11 is 0. The molecule has 1 atom stereocenters. The van der Waals surface area contributed by atoms with Gasteiger partial charge in [-0.3, -0.25) is 4.79 Å². The predicted octanol–water partition coefficient (Wildman–Crippen LogP) is 0.500. The average molecular weight is 369 g/mol. The van der Waals surface area contributed by atoms with Gasteiger partial charge in [-0.1, -0.05) is 6.07 Å². The molecule has 140 valence electrons. The minimum Gasteiger partial charge on any atom is -0.380 e. The Hall–Kier alpha value is -1.48. The van der Waals surface area contributed by atoms with Crippen LogP contribution >= 0.6 is 0 Å². The highest BCUT2D eigenvalue weighted by Crippen LogP contribution is 2.20. The molecule has 1 fully saturated rings. The van der Waals surface area contributed by atoms with Crippen LogP contribution in [0.5, 0.6) is 0 Å². The van der Waals surface area contributed by atoms with Gasteiger partial charge in [-0.15, -0.1) is 0 Å². The topological polar surface area (TPSA) is 92.9 Å². The van der Waals surface area contributed by atoms with Gasteiger partial charge in [0.15, 0.2) is 0 Å². The van der Waals surface area contributed by atoms with Gasteiger partial charge >= 0.3 is 0 Å². The molecular formula is C17H27N3O4S. The third-order valence-electron chi connectivity index (χ3n) is 4.71. The Labute approximate surface area is 149 Å². The molecule has 0 aliphatic carbocycles. The molecule has 1 amide bonds. The van der Waals surface area contributed by atoms with E-state index in [1.165, 1.54) is 11.4 Å². The molecule has 7 nitrogen and oxygen atoms in total. The van der Waals surface area contributed by atoms with Crippen molar-refractivity contribution >= 4 is 15.9 Å². The van der Waals surface area contributed by atoms with Crippen LogP contribution in [0, 0.1) is 13.8 Å². The summed E-state index contributed by atoms with van der Waals surface area (Å²) in [5, 5.41) is 0. The molecule has 0 saturated carbocycles. The zero-order valence-electron chi connectivity index (χ0n) is 15.1. The van der Waals surface area contributed by atoms with Crippen LogP contribution in [-0.4, -0.2) is 69.5 Å². The monoisotopic (exact) mass is 369 g/mol. The van der Waals surface area contributed by atoms with Crippen molar-refractivity contribution in [3.8, 4) is 0 Å². The fraction of sp³-hybridized carbons (Fsp3) is 0.588. The Bertz CT molecular complexity index is 709. The fourth-order valence-corrected chi connectivity index (χ4v) is 4.30. The number of methoxy groups -OCH3 is 1. The summed E-state index contributed by atoms with van der Waals surface area (Å²) in [5.41, 5.74) is 7.55. The highest BCUT2D eigenvalue weighted by Gasteiger charge is 2.30. The first-order valence-corrected chi connectivity index (χ1v) is 9.81. The zero-order chi connectivity index (χ0) is 18.6. The van der Waals surface area contributed by atoms with Gasteiger partial charge in [0, 0.05) is 39.8 Å². The summed E-state index contributed by atoms with van der Waals surface area (Å²) in [6, 6.07) is 5.16. The van der Waals surface area contributed by atoms with E-state index in [1.54, 1.807) is 17.0 Å².